The van der Waals surface area contributed by atoms with Crippen LogP contribution in [0.15, 0.2) is 54.6 Å². The van der Waals surface area contributed by atoms with E-state index in [0.717, 1.165) is 46.8 Å². The Morgan fingerprint density at radius 3 is 2.57 bits per heavy atom. The van der Waals surface area contributed by atoms with E-state index >= 15 is 8.78 Å². The lowest BCUT2D eigenvalue weighted by Gasteiger charge is -2.31. The van der Waals surface area contributed by atoms with Crippen LogP contribution >= 0.6 is 0 Å². The molecule has 10 nitrogen and oxygen atoms in total. The maximum Gasteiger partial charge on any atom is 0.328 e. The molecule has 4 aromatic rings. The third-order valence-electron chi connectivity index (χ3n) is 7.74. The fourth-order valence-corrected chi connectivity index (χ4v) is 5.42. The molecule has 0 spiro atoms. The van der Waals surface area contributed by atoms with E-state index in [0.29, 0.717) is 47.8 Å². The van der Waals surface area contributed by atoms with Gasteiger partial charge in [0.1, 0.15) is 23.1 Å². The number of ether oxygens (including phenoxy) is 1. The van der Waals surface area contributed by atoms with Crippen molar-refractivity contribution in [3.05, 3.63) is 88.5 Å². The summed E-state index contributed by atoms with van der Waals surface area (Å²) in [6.45, 7) is 7.70. The minimum Gasteiger partial charge on any atom is -0.493 e. The molecule has 3 N–H and O–H groups in total. The van der Waals surface area contributed by atoms with E-state index in [1.54, 1.807) is 12.1 Å². The van der Waals surface area contributed by atoms with Crippen LogP contribution < -0.4 is 25.6 Å². The zero-order chi connectivity index (χ0) is 33.7. The zero-order valence-electron chi connectivity index (χ0n) is 27.2. The summed E-state index contributed by atoms with van der Waals surface area (Å²) in [5.41, 5.74) is 3.83. The van der Waals surface area contributed by atoms with Crippen molar-refractivity contribution in [1.29, 1.82) is 0 Å². The van der Waals surface area contributed by atoms with E-state index < -0.39 is 23.4 Å². The summed E-state index contributed by atoms with van der Waals surface area (Å²) in [5.74, 6) is -1.09. The van der Waals surface area contributed by atoms with Crippen molar-refractivity contribution in [3.8, 4) is 17.0 Å². The first-order valence-electron chi connectivity index (χ1n) is 15.7. The van der Waals surface area contributed by atoms with Gasteiger partial charge in [-0.05, 0) is 87.5 Å². The molecular formula is C35H39F2N7O3. The second-order valence-electron chi connectivity index (χ2n) is 11.3. The number of hydrogen-bond donors (Lipinski definition) is 3. The van der Waals surface area contributed by atoms with Crippen molar-refractivity contribution >= 4 is 35.1 Å². The number of amides is 3. The molecule has 0 atom stereocenters. The average Bonchev–Trinajstić information content (AvgIpc) is 3.06. The van der Waals surface area contributed by atoms with Crippen LogP contribution in [0.4, 0.5) is 36.7 Å². The molecule has 0 bridgehead atoms. The molecule has 3 aromatic carbocycles. The first-order valence-corrected chi connectivity index (χ1v) is 15.7. The van der Waals surface area contributed by atoms with Crippen molar-refractivity contribution in [3.63, 3.8) is 0 Å². The molecule has 6 rings (SSSR count). The maximum atomic E-state index is 15.0. The van der Waals surface area contributed by atoms with Gasteiger partial charge in [-0.2, -0.15) is 4.98 Å². The molecule has 0 radical (unpaired) electrons. The number of fused-ring (bicyclic) bond motifs is 2. The summed E-state index contributed by atoms with van der Waals surface area (Å²) in [4.78, 5) is 38.8. The average molecular weight is 644 g/mol. The van der Waals surface area contributed by atoms with Crippen LogP contribution in [0.5, 0.6) is 5.75 Å². The molecule has 3 heterocycles. The summed E-state index contributed by atoms with van der Waals surface area (Å²) in [7, 11) is 3.84. The fraction of sp³-hybridized carbons (Fsp3) is 0.314. The van der Waals surface area contributed by atoms with E-state index in [4.69, 9.17) is 9.72 Å². The number of nitrogens with zero attached hydrogens (tertiary/aromatic N) is 4. The van der Waals surface area contributed by atoms with Gasteiger partial charge < -0.3 is 25.6 Å². The van der Waals surface area contributed by atoms with E-state index in [9.17, 15) is 9.59 Å². The Morgan fingerprint density at radius 2 is 1.83 bits per heavy atom. The largest absolute Gasteiger partial charge is 0.493 e. The van der Waals surface area contributed by atoms with Crippen LogP contribution in [-0.2, 0) is 13.0 Å². The highest BCUT2D eigenvalue weighted by molar-refractivity contribution is 6.06. The van der Waals surface area contributed by atoms with E-state index in [2.05, 4.69) is 20.9 Å². The molecule has 2 aliphatic heterocycles. The molecule has 47 heavy (non-hydrogen) atoms. The smallest absolute Gasteiger partial charge is 0.328 e. The lowest BCUT2D eigenvalue weighted by atomic mass is 9.97. The van der Waals surface area contributed by atoms with Crippen molar-refractivity contribution in [2.24, 2.45) is 0 Å². The fourth-order valence-electron chi connectivity index (χ4n) is 5.42. The second-order valence-corrected chi connectivity index (χ2v) is 11.3. The minimum atomic E-state index is -0.913. The number of carbonyl (C=O) groups is 2. The Labute approximate surface area is 273 Å². The van der Waals surface area contributed by atoms with Gasteiger partial charge in [-0.15, -0.1) is 0 Å². The molecular weight excluding hydrogens is 604 g/mol. The number of hydrogen-bond acceptors (Lipinski definition) is 7. The Morgan fingerprint density at radius 1 is 1.06 bits per heavy atom. The molecule has 0 fully saturated rings. The third-order valence-corrected chi connectivity index (χ3v) is 7.74. The first kappa shape index (κ1) is 33.3. The van der Waals surface area contributed by atoms with Crippen LogP contribution in [0, 0.1) is 18.6 Å². The van der Waals surface area contributed by atoms with Gasteiger partial charge in [0, 0.05) is 35.5 Å². The summed E-state index contributed by atoms with van der Waals surface area (Å²) in [6, 6.07) is 13.5. The molecule has 12 heteroatoms. The molecule has 0 saturated heterocycles. The molecule has 1 aromatic heterocycles. The topological polar surface area (TPSA) is 112 Å². The highest BCUT2D eigenvalue weighted by Gasteiger charge is 2.34. The predicted octanol–water partition coefficient (Wildman–Crippen LogP) is 6.67. The quantitative estimate of drug-likeness (QED) is 0.197. The lowest BCUT2D eigenvalue weighted by Crippen LogP contribution is -2.43. The van der Waals surface area contributed by atoms with Crippen molar-refractivity contribution in [2.45, 2.75) is 40.2 Å². The van der Waals surface area contributed by atoms with Gasteiger partial charge in [0.05, 0.1) is 18.8 Å². The Kier molecular flexibility index (Phi) is 10.3. The highest BCUT2D eigenvalue weighted by atomic mass is 19.1. The lowest BCUT2D eigenvalue weighted by molar-refractivity contribution is 0.102. The minimum absolute atomic E-state index is 0.0150. The van der Waals surface area contributed by atoms with E-state index in [1.165, 1.54) is 6.07 Å². The molecule has 0 unspecified atom stereocenters. The highest BCUT2D eigenvalue weighted by Crippen LogP contribution is 2.39. The van der Waals surface area contributed by atoms with Crippen LogP contribution in [0.1, 0.15) is 47.3 Å². The number of halogens is 2. The van der Waals surface area contributed by atoms with E-state index in [1.807, 2.05) is 64.0 Å². The maximum absolute atomic E-state index is 15.0. The molecule has 0 saturated carbocycles. The van der Waals surface area contributed by atoms with Gasteiger partial charge >= 0.3 is 6.03 Å². The monoisotopic (exact) mass is 643 g/mol. The van der Waals surface area contributed by atoms with Crippen LogP contribution in [0.25, 0.3) is 11.3 Å². The van der Waals surface area contributed by atoms with Gasteiger partial charge in [-0.1, -0.05) is 26.0 Å². The summed E-state index contributed by atoms with van der Waals surface area (Å²) in [5, 5.41) is 8.84. The van der Waals surface area contributed by atoms with Crippen LogP contribution in [0.3, 0.4) is 0 Å². The number of nitrogens with one attached hydrogen (secondary N) is 3. The number of aromatic nitrogens is 2. The van der Waals surface area contributed by atoms with Gasteiger partial charge in [0.25, 0.3) is 5.91 Å². The van der Waals surface area contributed by atoms with Gasteiger partial charge in [0.2, 0.25) is 5.95 Å². The summed E-state index contributed by atoms with van der Waals surface area (Å²) < 4.78 is 35.7. The number of anilines is 4. The number of aryl methyl sites for hydroxylation is 2. The Hall–Kier alpha value is -5.10. The molecule has 0 aliphatic carbocycles. The van der Waals surface area contributed by atoms with Crippen molar-refractivity contribution in [2.75, 3.05) is 49.3 Å². The Balaban J connectivity index is 0.00000213. The Bertz CT molecular complexity index is 1780. The molecule has 246 valence electrons. The van der Waals surface area contributed by atoms with Crippen molar-refractivity contribution < 1.29 is 23.1 Å². The first-order chi connectivity index (χ1) is 22.7. The standard InChI is InChI=1S/C33H33F2N7O3.C2H6/c1-19-9-10-21(31(43)38-22-11-12-27-20(16-22)6-5-15-45-27)17-23(19)28-24-18-37-33(44)42(29-25(34)7-4-8-26(29)35)30(24)40-32(39-28)36-13-14-41(2)3;1-2/h4,7-12,16-17H,5-6,13-15,18H2,1-3H3,(H,37,44)(H,38,43)(H,36,39,40);1-2H3. The van der Waals surface area contributed by atoms with Gasteiger partial charge in [0.15, 0.2) is 5.82 Å². The zero-order valence-corrected chi connectivity index (χ0v) is 27.2. The summed E-state index contributed by atoms with van der Waals surface area (Å²) >= 11 is 0. The number of para-hydroxylation sites is 1. The number of benzene rings is 3. The van der Waals surface area contributed by atoms with Crippen LogP contribution in [-0.4, -0.2) is 60.6 Å². The SMILES string of the molecule is CC.Cc1ccc(C(=O)Nc2ccc3c(c2)CCCO3)cc1-c1nc(NCCN(C)C)nc2c1CNC(=O)N2c1c(F)cccc1F. The number of carbonyl (C=O) groups excluding carboxylic acids is 2. The van der Waals surface area contributed by atoms with Crippen molar-refractivity contribution in [1.82, 2.24) is 20.2 Å². The summed E-state index contributed by atoms with van der Waals surface area (Å²) in [6.07, 6.45) is 1.80. The normalized spacial score (nSPS) is 13.4. The number of likely N-dealkylation sites (N-methyl/N-ethyl adjacent to an activating group) is 1. The van der Waals surface area contributed by atoms with Gasteiger partial charge in [-0.25, -0.2) is 23.5 Å². The molecule has 3 amide bonds. The van der Waals surface area contributed by atoms with Crippen LogP contribution in [0.2, 0.25) is 0 Å². The third kappa shape index (κ3) is 7.17. The number of rotatable bonds is 8. The van der Waals surface area contributed by atoms with E-state index in [-0.39, 0.29) is 24.2 Å². The second kappa shape index (κ2) is 14.5. The van der Waals surface area contributed by atoms with Gasteiger partial charge in [-0.3, -0.25) is 4.79 Å². The predicted molar refractivity (Wildman–Crippen MR) is 180 cm³/mol. The number of urea groups is 1. The molecule has 2 aliphatic rings.